The number of hydrogen-bond acceptors (Lipinski definition) is 4. The van der Waals surface area contributed by atoms with Crippen LogP contribution in [-0.4, -0.2) is 21.3 Å². The van der Waals surface area contributed by atoms with Crippen LogP contribution >= 0.6 is 0 Å². The third-order valence-corrected chi connectivity index (χ3v) is 4.94. The SMILES string of the molecule is N#Cc1c(-c2ccc3ccc(-c4ccccc4)nc3c2)nn2c1NCCC2. The molecular weight excluding hydrogens is 334 g/mol. The summed E-state index contributed by atoms with van der Waals surface area (Å²) in [7, 11) is 0. The lowest BCUT2D eigenvalue weighted by Gasteiger charge is -2.14. The highest BCUT2D eigenvalue weighted by atomic mass is 15.3. The van der Waals surface area contributed by atoms with Gasteiger partial charge in [-0.2, -0.15) is 10.4 Å². The maximum absolute atomic E-state index is 9.67. The van der Waals surface area contributed by atoms with Crippen molar-refractivity contribution in [1.29, 1.82) is 5.26 Å². The molecule has 0 atom stereocenters. The Bertz CT molecular complexity index is 1180. The molecule has 5 rings (SSSR count). The van der Waals surface area contributed by atoms with Crippen LogP contribution in [0.5, 0.6) is 0 Å². The van der Waals surface area contributed by atoms with Crippen LogP contribution in [0, 0.1) is 11.3 Å². The van der Waals surface area contributed by atoms with Crippen LogP contribution in [0.1, 0.15) is 12.0 Å². The number of nitriles is 1. The lowest BCUT2D eigenvalue weighted by Crippen LogP contribution is -2.17. The molecule has 3 heterocycles. The van der Waals surface area contributed by atoms with E-state index in [0.717, 1.165) is 58.7 Å². The number of benzene rings is 2. The highest BCUT2D eigenvalue weighted by molar-refractivity contribution is 5.87. The van der Waals surface area contributed by atoms with Gasteiger partial charge in [0, 0.05) is 29.6 Å². The highest BCUT2D eigenvalue weighted by Crippen LogP contribution is 2.32. The zero-order chi connectivity index (χ0) is 18.2. The third-order valence-electron chi connectivity index (χ3n) is 4.94. The molecule has 1 aliphatic heterocycles. The average Bonchev–Trinajstić information content (AvgIpc) is 3.12. The quantitative estimate of drug-likeness (QED) is 0.579. The van der Waals surface area contributed by atoms with Crippen LogP contribution in [-0.2, 0) is 6.54 Å². The molecule has 27 heavy (non-hydrogen) atoms. The summed E-state index contributed by atoms with van der Waals surface area (Å²) >= 11 is 0. The molecule has 130 valence electrons. The Morgan fingerprint density at radius 1 is 1.00 bits per heavy atom. The van der Waals surface area contributed by atoms with Crippen molar-refractivity contribution in [2.45, 2.75) is 13.0 Å². The number of aromatic nitrogens is 3. The average molecular weight is 351 g/mol. The molecule has 1 aliphatic rings. The van der Waals surface area contributed by atoms with Crippen molar-refractivity contribution in [2.75, 3.05) is 11.9 Å². The van der Waals surface area contributed by atoms with Gasteiger partial charge in [-0.05, 0) is 18.6 Å². The fourth-order valence-corrected chi connectivity index (χ4v) is 3.58. The number of nitrogens with zero attached hydrogens (tertiary/aromatic N) is 4. The molecule has 1 N–H and O–H groups in total. The first-order valence-corrected chi connectivity index (χ1v) is 9.05. The van der Waals surface area contributed by atoms with E-state index in [0.29, 0.717) is 5.56 Å². The second-order valence-electron chi connectivity index (χ2n) is 6.66. The van der Waals surface area contributed by atoms with Gasteiger partial charge in [0.05, 0.1) is 11.2 Å². The number of pyridine rings is 1. The number of nitrogens with one attached hydrogen (secondary N) is 1. The minimum atomic E-state index is 0.605. The van der Waals surface area contributed by atoms with Crippen LogP contribution in [0.2, 0.25) is 0 Å². The molecule has 0 spiro atoms. The number of anilines is 1. The maximum atomic E-state index is 9.67. The summed E-state index contributed by atoms with van der Waals surface area (Å²) < 4.78 is 1.90. The Morgan fingerprint density at radius 2 is 1.85 bits per heavy atom. The van der Waals surface area contributed by atoms with Crippen molar-refractivity contribution in [3.05, 3.63) is 66.2 Å². The second kappa shape index (κ2) is 6.26. The van der Waals surface area contributed by atoms with Crippen molar-refractivity contribution in [3.63, 3.8) is 0 Å². The van der Waals surface area contributed by atoms with Gasteiger partial charge in [0.2, 0.25) is 0 Å². The lowest BCUT2D eigenvalue weighted by molar-refractivity contribution is 0.569. The van der Waals surface area contributed by atoms with Crippen LogP contribution < -0.4 is 5.32 Å². The molecule has 0 amide bonds. The minimum Gasteiger partial charge on any atom is -0.369 e. The summed E-state index contributed by atoms with van der Waals surface area (Å²) in [6.07, 6.45) is 1.01. The highest BCUT2D eigenvalue weighted by Gasteiger charge is 2.21. The normalized spacial score (nSPS) is 13.0. The third kappa shape index (κ3) is 2.63. The molecule has 0 saturated carbocycles. The van der Waals surface area contributed by atoms with E-state index in [4.69, 9.17) is 4.98 Å². The molecule has 5 nitrogen and oxygen atoms in total. The van der Waals surface area contributed by atoms with Gasteiger partial charge in [0.15, 0.2) is 0 Å². The predicted octanol–water partition coefficient (Wildman–Crippen LogP) is 4.45. The summed E-state index contributed by atoms with van der Waals surface area (Å²) in [4.78, 5) is 4.84. The van der Waals surface area contributed by atoms with E-state index in [-0.39, 0.29) is 0 Å². The first kappa shape index (κ1) is 15.6. The molecule has 0 fully saturated rings. The molecular formula is C22H17N5. The zero-order valence-electron chi connectivity index (χ0n) is 14.7. The van der Waals surface area contributed by atoms with Crippen LogP contribution in [0.4, 0.5) is 5.82 Å². The second-order valence-corrected chi connectivity index (χ2v) is 6.66. The van der Waals surface area contributed by atoms with E-state index in [1.807, 2.05) is 47.1 Å². The van der Waals surface area contributed by atoms with Crippen molar-refractivity contribution >= 4 is 16.7 Å². The zero-order valence-corrected chi connectivity index (χ0v) is 14.7. The van der Waals surface area contributed by atoms with Crippen molar-refractivity contribution in [3.8, 4) is 28.6 Å². The van der Waals surface area contributed by atoms with Gasteiger partial charge < -0.3 is 5.32 Å². The fourth-order valence-electron chi connectivity index (χ4n) is 3.58. The number of hydrogen-bond donors (Lipinski definition) is 1. The summed E-state index contributed by atoms with van der Waals surface area (Å²) in [5, 5.41) is 18.7. The van der Waals surface area contributed by atoms with Crippen LogP contribution in [0.3, 0.4) is 0 Å². The molecule has 4 aromatic rings. The van der Waals surface area contributed by atoms with E-state index >= 15 is 0 Å². The summed E-state index contributed by atoms with van der Waals surface area (Å²) in [6, 6.07) is 22.7. The Balaban J connectivity index is 1.65. The Morgan fingerprint density at radius 3 is 2.70 bits per heavy atom. The molecule has 0 saturated heterocycles. The summed E-state index contributed by atoms with van der Waals surface area (Å²) in [5.41, 5.74) is 5.16. The van der Waals surface area contributed by atoms with Gasteiger partial charge in [0.25, 0.3) is 0 Å². The minimum absolute atomic E-state index is 0.605. The fraction of sp³-hybridized carbons (Fsp3) is 0.136. The van der Waals surface area contributed by atoms with Crippen LogP contribution in [0.25, 0.3) is 33.4 Å². The number of fused-ring (bicyclic) bond motifs is 2. The maximum Gasteiger partial charge on any atom is 0.143 e. The van der Waals surface area contributed by atoms with Crippen LogP contribution in [0.15, 0.2) is 60.7 Å². The number of aryl methyl sites for hydroxylation is 1. The van der Waals surface area contributed by atoms with Gasteiger partial charge >= 0.3 is 0 Å². The van der Waals surface area contributed by atoms with E-state index in [2.05, 4.69) is 34.7 Å². The van der Waals surface area contributed by atoms with Gasteiger partial charge in [0.1, 0.15) is 23.1 Å². The Labute approximate surface area is 156 Å². The lowest BCUT2D eigenvalue weighted by atomic mass is 10.0. The van der Waals surface area contributed by atoms with E-state index in [1.54, 1.807) is 0 Å². The van der Waals surface area contributed by atoms with Gasteiger partial charge in [-0.1, -0.05) is 48.5 Å². The van der Waals surface area contributed by atoms with E-state index < -0.39 is 0 Å². The molecule has 0 bridgehead atoms. The molecule has 0 unspecified atom stereocenters. The molecule has 2 aromatic carbocycles. The van der Waals surface area contributed by atoms with Gasteiger partial charge in [-0.25, -0.2) is 9.67 Å². The molecule has 0 aliphatic carbocycles. The predicted molar refractivity (Wildman–Crippen MR) is 106 cm³/mol. The summed E-state index contributed by atoms with van der Waals surface area (Å²) in [6.45, 7) is 1.71. The Kier molecular flexibility index (Phi) is 3.61. The van der Waals surface area contributed by atoms with Crippen molar-refractivity contribution < 1.29 is 0 Å². The first-order valence-electron chi connectivity index (χ1n) is 9.05. The first-order chi connectivity index (χ1) is 13.3. The van der Waals surface area contributed by atoms with Crippen molar-refractivity contribution in [2.24, 2.45) is 0 Å². The smallest absolute Gasteiger partial charge is 0.143 e. The summed E-state index contributed by atoms with van der Waals surface area (Å²) in [5.74, 6) is 0.824. The van der Waals surface area contributed by atoms with Gasteiger partial charge in [-0.3, -0.25) is 0 Å². The standard InChI is InChI=1S/C22H17N5/c23-14-18-21(26-27-12-4-11-24-22(18)27)17-8-7-16-9-10-19(25-20(16)13-17)15-5-2-1-3-6-15/h1-3,5-10,13,24H,4,11-12H2. The molecule has 2 aromatic heterocycles. The monoisotopic (exact) mass is 351 g/mol. The van der Waals surface area contributed by atoms with E-state index in [1.165, 1.54) is 0 Å². The van der Waals surface area contributed by atoms with Crippen molar-refractivity contribution in [1.82, 2.24) is 14.8 Å². The molecule has 0 radical (unpaired) electrons. The van der Waals surface area contributed by atoms with Gasteiger partial charge in [-0.15, -0.1) is 0 Å². The topological polar surface area (TPSA) is 66.5 Å². The van der Waals surface area contributed by atoms with E-state index in [9.17, 15) is 5.26 Å². The Hall–Kier alpha value is -3.65. The largest absolute Gasteiger partial charge is 0.369 e. The molecule has 5 heteroatoms. The number of rotatable bonds is 2.